The molecule has 0 radical (unpaired) electrons. The smallest absolute Gasteiger partial charge is 0.416 e. The first-order chi connectivity index (χ1) is 20.1. The summed E-state index contributed by atoms with van der Waals surface area (Å²) in [4.78, 5) is 18.5. The normalized spacial score (nSPS) is 14.7. The zero-order valence-corrected chi connectivity index (χ0v) is 26.1. The number of halogens is 3. The van der Waals surface area contributed by atoms with Crippen LogP contribution in [0.15, 0.2) is 42.7 Å². The fourth-order valence-electron chi connectivity index (χ4n) is 5.58. The minimum absolute atomic E-state index is 0.382. The van der Waals surface area contributed by atoms with E-state index in [4.69, 9.17) is 9.72 Å². The maximum Gasteiger partial charge on any atom is 0.416 e. The van der Waals surface area contributed by atoms with E-state index in [1.54, 1.807) is 37.1 Å². The van der Waals surface area contributed by atoms with Gasteiger partial charge in [-0.2, -0.15) is 24.9 Å². The van der Waals surface area contributed by atoms with Crippen LogP contribution in [0.1, 0.15) is 73.5 Å². The van der Waals surface area contributed by atoms with Gasteiger partial charge in [0.1, 0.15) is 5.82 Å². The van der Waals surface area contributed by atoms with Gasteiger partial charge in [0, 0.05) is 30.1 Å². The molecule has 0 bridgehead atoms. The van der Waals surface area contributed by atoms with Crippen LogP contribution in [0.4, 0.5) is 24.9 Å². The number of pyridine rings is 1. The van der Waals surface area contributed by atoms with Gasteiger partial charge in [-0.05, 0) is 76.5 Å². The Morgan fingerprint density at radius 2 is 1.79 bits per heavy atom. The predicted octanol–water partition coefficient (Wildman–Crippen LogP) is 8.03. The first-order valence-electron chi connectivity index (χ1n) is 14.7. The Hall–Kier alpha value is -3.01. The molecule has 0 amide bonds. The van der Waals surface area contributed by atoms with Crippen LogP contribution in [0.25, 0.3) is 0 Å². The number of nitrogens with zero attached hydrogens (tertiary/aromatic N) is 5. The van der Waals surface area contributed by atoms with Crippen LogP contribution in [-0.4, -0.2) is 46.7 Å². The van der Waals surface area contributed by atoms with Crippen LogP contribution in [0.3, 0.4) is 0 Å². The molecule has 0 N–H and O–H groups in total. The largest absolute Gasteiger partial charge is 0.489 e. The van der Waals surface area contributed by atoms with E-state index in [0.717, 1.165) is 35.9 Å². The number of thioether (sulfide) groups is 1. The lowest BCUT2D eigenvalue weighted by Crippen LogP contribution is -2.33. The lowest BCUT2D eigenvalue weighted by Gasteiger charge is -2.33. The van der Waals surface area contributed by atoms with Crippen LogP contribution in [0, 0.1) is 19.8 Å². The molecule has 1 saturated carbocycles. The van der Waals surface area contributed by atoms with Gasteiger partial charge in [0.25, 0.3) is 0 Å². The molecular formula is C32H42F3N5OS. The van der Waals surface area contributed by atoms with Gasteiger partial charge in [0.15, 0.2) is 5.75 Å². The summed E-state index contributed by atoms with van der Waals surface area (Å²) in [5.41, 5.74) is 2.35. The van der Waals surface area contributed by atoms with Gasteiger partial charge in [-0.25, -0.2) is 15.0 Å². The highest BCUT2D eigenvalue weighted by Gasteiger charge is 2.32. The van der Waals surface area contributed by atoms with Crippen molar-refractivity contribution in [2.75, 3.05) is 41.5 Å². The van der Waals surface area contributed by atoms with Crippen LogP contribution in [0.2, 0.25) is 0 Å². The summed E-state index contributed by atoms with van der Waals surface area (Å²) in [7, 11) is 0. The van der Waals surface area contributed by atoms with Crippen molar-refractivity contribution in [3.63, 3.8) is 0 Å². The molecule has 1 aromatic carbocycles. The molecule has 1 fully saturated rings. The third-order valence-corrected chi connectivity index (χ3v) is 8.45. The Morgan fingerprint density at radius 1 is 1.07 bits per heavy atom. The lowest BCUT2D eigenvalue weighted by atomic mass is 10.00. The molecule has 0 aliphatic heterocycles. The average Bonchev–Trinajstić information content (AvgIpc) is 3.48. The summed E-state index contributed by atoms with van der Waals surface area (Å²) in [5, 5.41) is 0. The second kappa shape index (κ2) is 14.4. The minimum atomic E-state index is -4.44. The van der Waals surface area contributed by atoms with Crippen molar-refractivity contribution >= 4 is 23.5 Å². The summed E-state index contributed by atoms with van der Waals surface area (Å²) in [5.74, 6) is 3.38. The van der Waals surface area contributed by atoms with E-state index < -0.39 is 17.8 Å². The van der Waals surface area contributed by atoms with E-state index in [2.05, 4.69) is 27.9 Å². The molecule has 228 valence electrons. The topological polar surface area (TPSA) is 54.4 Å². The Kier molecular flexibility index (Phi) is 11.0. The monoisotopic (exact) mass is 601 g/mol. The first-order valence-corrected chi connectivity index (χ1v) is 16.1. The number of benzene rings is 1. The van der Waals surface area contributed by atoms with Gasteiger partial charge >= 0.3 is 6.18 Å². The van der Waals surface area contributed by atoms with Crippen molar-refractivity contribution in [3.8, 4) is 5.75 Å². The van der Waals surface area contributed by atoms with Gasteiger partial charge in [-0.3, -0.25) is 0 Å². The fourth-order valence-corrected chi connectivity index (χ4v) is 5.83. The van der Waals surface area contributed by atoms with E-state index in [1.807, 2.05) is 31.1 Å². The minimum Gasteiger partial charge on any atom is -0.489 e. The van der Waals surface area contributed by atoms with Crippen molar-refractivity contribution in [3.05, 3.63) is 70.7 Å². The van der Waals surface area contributed by atoms with Crippen LogP contribution < -0.4 is 14.5 Å². The van der Waals surface area contributed by atoms with Gasteiger partial charge in [-0.1, -0.05) is 30.5 Å². The zero-order valence-electron chi connectivity index (χ0n) is 25.2. The number of hydrogen-bond donors (Lipinski definition) is 0. The predicted molar refractivity (Wildman–Crippen MR) is 166 cm³/mol. The van der Waals surface area contributed by atoms with E-state index >= 15 is 0 Å². The molecule has 1 unspecified atom stereocenters. The summed E-state index contributed by atoms with van der Waals surface area (Å²) < 4.78 is 47.1. The molecule has 1 atom stereocenters. The molecule has 1 aliphatic rings. The van der Waals surface area contributed by atoms with Crippen molar-refractivity contribution in [1.82, 2.24) is 15.0 Å². The van der Waals surface area contributed by atoms with E-state index in [-0.39, 0.29) is 0 Å². The van der Waals surface area contributed by atoms with Gasteiger partial charge in [0.2, 0.25) is 5.95 Å². The zero-order chi connectivity index (χ0) is 30.3. The van der Waals surface area contributed by atoms with Gasteiger partial charge in [-0.15, -0.1) is 0 Å². The Labute approximate surface area is 252 Å². The molecule has 0 saturated heterocycles. The SMILES string of the molecule is CCN(CC1CCCC1)c1nc(C)ccc1CN(c1ncc(OCCSC)cn1)C(C)c1cc(C)cc(C(F)(F)F)c1. The van der Waals surface area contributed by atoms with Crippen LogP contribution in [0.5, 0.6) is 5.75 Å². The number of anilines is 2. The number of rotatable bonds is 13. The highest BCUT2D eigenvalue weighted by molar-refractivity contribution is 7.98. The van der Waals surface area contributed by atoms with Gasteiger partial charge in [0.05, 0.1) is 37.2 Å². The molecule has 42 heavy (non-hydrogen) atoms. The molecule has 2 heterocycles. The Balaban J connectivity index is 1.72. The summed E-state index contributed by atoms with van der Waals surface area (Å²) in [6, 6.07) is 7.83. The fraction of sp³-hybridized carbons (Fsp3) is 0.531. The Morgan fingerprint density at radius 3 is 2.43 bits per heavy atom. The maximum absolute atomic E-state index is 13.8. The number of hydrogen-bond acceptors (Lipinski definition) is 7. The molecule has 1 aliphatic carbocycles. The first kappa shape index (κ1) is 31.9. The highest BCUT2D eigenvalue weighted by Crippen LogP contribution is 2.36. The molecular weight excluding hydrogens is 559 g/mol. The maximum atomic E-state index is 13.8. The van der Waals surface area contributed by atoms with E-state index in [0.29, 0.717) is 41.9 Å². The van der Waals surface area contributed by atoms with Gasteiger partial charge < -0.3 is 14.5 Å². The third-order valence-electron chi connectivity index (χ3n) is 7.87. The Bertz CT molecular complexity index is 1300. The molecule has 2 aromatic heterocycles. The number of aryl methyl sites for hydroxylation is 2. The second-order valence-corrected chi connectivity index (χ2v) is 12.1. The highest BCUT2D eigenvalue weighted by atomic mass is 32.2. The van der Waals surface area contributed by atoms with Crippen molar-refractivity contribution in [2.45, 2.75) is 72.1 Å². The summed E-state index contributed by atoms with van der Waals surface area (Å²) in [6.07, 6.45) is 5.84. The molecule has 3 aromatic rings. The van der Waals surface area contributed by atoms with E-state index in [1.165, 1.54) is 37.8 Å². The number of ether oxygens (including phenoxy) is 1. The van der Waals surface area contributed by atoms with E-state index in [9.17, 15) is 13.2 Å². The summed E-state index contributed by atoms with van der Waals surface area (Å²) >= 11 is 1.69. The number of alkyl halides is 3. The van der Waals surface area contributed by atoms with Crippen molar-refractivity contribution < 1.29 is 17.9 Å². The van der Waals surface area contributed by atoms with Crippen LogP contribution in [-0.2, 0) is 12.7 Å². The van der Waals surface area contributed by atoms with Crippen LogP contribution >= 0.6 is 11.8 Å². The standard InChI is InChI=1S/C32H42F3N5OS/c1-6-39(20-25-9-7-8-10-25)30-26(12-11-23(3)38-30)21-40(31-36-18-29(19-37-31)41-13-14-42-5)24(4)27-15-22(2)16-28(17-27)32(33,34)35/h11-12,15-19,24-25H,6-10,13-14,20-21H2,1-5H3. The quantitative estimate of drug-likeness (QED) is 0.184. The second-order valence-electron chi connectivity index (χ2n) is 11.1. The molecule has 0 spiro atoms. The summed E-state index contributed by atoms with van der Waals surface area (Å²) in [6.45, 7) is 10.4. The molecule has 10 heteroatoms. The molecule has 6 nitrogen and oxygen atoms in total. The number of aromatic nitrogens is 3. The third kappa shape index (κ3) is 8.30. The van der Waals surface area contributed by atoms with Crippen molar-refractivity contribution in [1.29, 1.82) is 0 Å². The van der Waals surface area contributed by atoms with Crippen molar-refractivity contribution in [2.24, 2.45) is 5.92 Å². The molecule has 4 rings (SSSR count). The average molecular weight is 602 g/mol. The lowest BCUT2D eigenvalue weighted by molar-refractivity contribution is -0.137.